The highest BCUT2D eigenvalue weighted by atomic mass is 32.2. The summed E-state index contributed by atoms with van der Waals surface area (Å²) < 4.78 is 27.5. The Balaban J connectivity index is 1.77. The molecule has 1 aliphatic rings. The lowest BCUT2D eigenvalue weighted by atomic mass is 10.0. The fourth-order valence-corrected chi connectivity index (χ4v) is 4.42. The Hall–Kier alpha value is -2.71. The van der Waals surface area contributed by atoms with Crippen LogP contribution in [0.25, 0.3) is 0 Å². The SMILES string of the molecule is CC(C)C(=O)NNC(=O)c1cccc(S(=O)(=O)N2CCc3ccccc3C2)c1. The number of sulfonamides is 1. The zero-order valence-electron chi connectivity index (χ0n) is 15.8. The Bertz CT molecular complexity index is 1000. The Kier molecular flexibility index (Phi) is 5.81. The summed E-state index contributed by atoms with van der Waals surface area (Å²) in [4.78, 5) is 23.9. The van der Waals surface area contributed by atoms with E-state index in [1.807, 2.05) is 24.3 Å². The first-order chi connectivity index (χ1) is 13.3. The zero-order valence-corrected chi connectivity index (χ0v) is 16.6. The average Bonchev–Trinajstić information content (AvgIpc) is 2.71. The highest BCUT2D eigenvalue weighted by molar-refractivity contribution is 7.89. The number of benzene rings is 2. The minimum atomic E-state index is -3.74. The molecule has 7 nitrogen and oxygen atoms in total. The summed E-state index contributed by atoms with van der Waals surface area (Å²) in [5.41, 5.74) is 6.92. The van der Waals surface area contributed by atoms with Crippen LogP contribution in [0.5, 0.6) is 0 Å². The first-order valence-corrected chi connectivity index (χ1v) is 10.5. The van der Waals surface area contributed by atoms with Gasteiger partial charge in [-0.25, -0.2) is 8.42 Å². The van der Waals surface area contributed by atoms with Gasteiger partial charge in [0.2, 0.25) is 15.9 Å². The second-order valence-electron chi connectivity index (χ2n) is 6.98. The van der Waals surface area contributed by atoms with E-state index < -0.39 is 15.9 Å². The Morgan fingerprint density at radius 1 is 1.00 bits per heavy atom. The van der Waals surface area contributed by atoms with Crippen LogP contribution in [-0.2, 0) is 27.8 Å². The van der Waals surface area contributed by atoms with E-state index in [2.05, 4.69) is 10.9 Å². The van der Waals surface area contributed by atoms with E-state index in [0.717, 1.165) is 11.1 Å². The molecule has 0 fully saturated rings. The minimum Gasteiger partial charge on any atom is -0.273 e. The van der Waals surface area contributed by atoms with Gasteiger partial charge in [0.15, 0.2) is 0 Å². The molecule has 2 aromatic carbocycles. The van der Waals surface area contributed by atoms with Gasteiger partial charge < -0.3 is 0 Å². The van der Waals surface area contributed by atoms with Gasteiger partial charge in [-0.3, -0.25) is 20.4 Å². The van der Waals surface area contributed by atoms with Crippen LogP contribution in [0.3, 0.4) is 0 Å². The molecule has 0 radical (unpaired) electrons. The van der Waals surface area contributed by atoms with Crippen LogP contribution >= 0.6 is 0 Å². The fraction of sp³-hybridized carbons (Fsp3) is 0.300. The molecule has 1 heterocycles. The molecule has 0 aromatic heterocycles. The number of nitrogens with zero attached hydrogens (tertiary/aromatic N) is 1. The van der Waals surface area contributed by atoms with E-state index in [9.17, 15) is 18.0 Å². The number of nitrogens with one attached hydrogen (secondary N) is 2. The normalized spacial score (nSPS) is 14.4. The molecule has 3 rings (SSSR count). The second kappa shape index (κ2) is 8.12. The van der Waals surface area contributed by atoms with Crippen LogP contribution in [0.1, 0.15) is 35.3 Å². The Morgan fingerprint density at radius 2 is 1.71 bits per heavy atom. The maximum absolute atomic E-state index is 13.1. The lowest BCUT2D eigenvalue weighted by Crippen LogP contribution is -2.43. The molecule has 0 atom stereocenters. The number of hydrogen-bond acceptors (Lipinski definition) is 4. The molecule has 0 bridgehead atoms. The number of hydrazine groups is 1. The van der Waals surface area contributed by atoms with Crippen LogP contribution in [0.2, 0.25) is 0 Å². The minimum absolute atomic E-state index is 0.0507. The van der Waals surface area contributed by atoms with Gasteiger partial charge in [0.1, 0.15) is 0 Å². The molecule has 1 aliphatic heterocycles. The second-order valence-corrected chi connectivity index (χ2v) is 8.92. The van der Waals surface area contributed by atoms with E-state index in [-0.39, 0.29) is 22.3 Å². The third-order valence-corrected chi connectivity index (χ3v) is 6.49. The van der Waals surface area contributed by atoms with Gasteiger partial charge in [-0.1, -0.05) is 44.2 Å². The average molecular weight is 401 g/mol. The van der Waals surface area contributed by atoms with E-state index >= 15 is 0 Å². The highest BCUT2D eigenvalue weighted by Crippen LogP contribution is 2.25. The quantitative estimate of drug-likeness (QED) is 0.765. The molecular weight excluding hydrogens is 378 g/mol. The van der Waals surface area contributed by atoms with Crippen molar-refractivity contribution in [3.63, 3.8) is 0 Å². The number of hydrogen-bond donors (Lipinski definition) is 2. The summed E-state index contributed by atoms with van der Waals surface area (Å²) in [5, 5.41) is 0. The summed E-state index contributed by atoms with van der Waals surface area (Å²) in [7, 11) is -3.74. The lowest BCUT2D eigenvalue weighted by Gasteiger charge is -2.28. The van der Waals surface area contributed by atoms with Crippen molar-refractivity contribution in [2.24, 2.45) is 5.92 Å². The summed E-state index contributed by atoms with van der Waals surface area (Å²) in [5.74, 6) is -1.19. The monoisotopic (exact) mass is 401 g/mol. The molecule has 2 amide bonds. The molecule has 28 heavy (non-hydrogen) atoms. The van der Waals surface area contributed by atoms with Crippen LogP contribution < -0.4 is 10.9 Å². The van der Waals surface area contributed by atoms with Crippen molar-refractivity contribution in [1.82, 2.24) is 15.2 Å². The van der Waals surface area contributed by atoms with Crippen molar-refractivity contribution in [3.8, 4) is 0 Å². The first-order valence-electron chi connectivity index (χ1n) is 9.06. The van der Waals surface area contributed by atoms with Crippen molar-refractivity contribution in [2.75, 3.05) is 6.54 Å². The van der Waals surface area contributed by atoms with Gasteiger partial charge >= 0.3 is 0 Å². The van der Waals surface area contributed by atoms with E-state index in [1.165, 1.54) is 28.6 Å². The summed E-state index contributed by atoms with van der Waals surface area (Å²) in [6.45, 7) is 4.09. The fourth-order valence-electron chi connectivity index (χ4n) is 2.96. The largest absolute Gasteiger partial charge is 0.273 e. The molecule has 2 aromatic rings. The molecule has 8 heteroatoms. The standard InChI is InChI=1S/C20H23N3O4S/c1-14(2)19(24)21-22-20(25)16-8-5-9-18(12-16)28(26,27)23-11-10-15-6-3-4-7-17(15)13-23/h3-9,12,14H,10-11,13H2,1-2H3,(H,21,24)(H,22,25). The lowest BCUT2D eigenvalue weighted by molar-refractivity contribution is -0.124. The number of fused-ring (bicyclic) bond motifs is 1. The third-order valence-electron chi connectivity index (χ3n) is 4.65. The highest BCUT2D eigenvalue weighted by Gasteiger charge is 2.28. The molecule has 0 aliphatic carbocycles. The van der Waals surface area contributed by atoms with Crippen molar-refractivity contribution in [3.05, 3.63) is 65.2 Å². The molecule has 148 valence electrons. The van der Waals surface area contributed by atoms with Crippen LogP contribution in [0.15, 0.2) is 53.4 Å². The number of rotatable bonds is 4. The summed E-state index contributed by atoms with van der Waals surface area (Å²) >= 11 is 0. The van der Waals surface area contributed by atoms with Crippen molar-refractivity contribution < 1.29 is 18.0 Å². The van der Waals surface area contributed by atoms with Gasteiger partial charge in [-0.15, -0.1) is 0 Å². The van der Waals surface area contributed by atoms with Crippen LogP contribution in [0, 0.1) is 5.92 Å². The van der Waals surface area contributed by atoms with Crippen LogP contribution in [-0.4, -0.2) is 31.1 Å². The smallest absolute Gasteiger partial charge is 0.269 e. The Labute approximate surface area is 164 Å². The summed E-state index contributed by atoms with van der Waals surface area (Å²) in [6, 6.07) is 13.6. The molecule has 0 saturated carbocycles. The molecule has 0 saturated heterocycles. The van der Waals surface area contributed by atoms with Gasteiger partial charge in [0, 0.05) is 24.6 Å². The topological polar surface area (TPSA) is 95.6 Å². The van der Waals surface area contributed by atoms with Gasteiger partial charge in [-0.05, 0) is 35.7 Å². The van der Waals surface area contributed by atoms with E-state index in [0.29, 0.717) is 19.5 Å². The van der Waals surface area contributed by atoms with Crippen molar-refractivity contribution >= 4 is 21.8 Å². The summed E-state index contributed by atoms with van der Waals surface area (Å²) in [6.07, 6.45) is 0.650. The zero-order chi connectivity index (χ0) is 20.3. The van der Waals surface area contributed by atoms with E-state index in [4.69, 9.17) is 0 Å². The third kappa shape index (κ3) is 4.23. The Morgan fingerprint density at radius 3 is 2.43 bits per heavy atom. The van der Waals surface area contributed by atoms with E-state index in [1.54, 1.807) is 13.8 Å². The van der Waals surface area contributed by atoms with Crippen molar-refractivity contribution in [1.29, 1.82) is 0 Å². The maximum Gasteiger partial charge on any atom is 0.269 e. The van der Waals surface area contributed by atoms with Crippen molar-refractivity contribution in [2.45, 2.75) is 31.7 Å². The van der Waals surface area contributed by atoms with Gasteiger partial charge in [0.25, 0.3) is 5.91 Å². The van der Waals surface area contributed by atoms with Gasteiger partial charge in [0.05, 0.1) is 4.90 Å². The molecule has 0 spiro atoms. The predicted octanol–water partition coefficient (Wildman–Crippen LogP) is 1.85. The molecular formula is C20H23N3O4S. The van der Waals surface area contributed by atoms with Gasteiger partial charge in [-0.2, -0.15) is 4.31 Å². The predicted molar refractivity (Wildman–Crippen MR) is 105 cm³/mol. The number of carbonyl (C=O) groups is 2. The first kappa shape index (κ1) is 20.0. The number of carbonyl (C=O) groups excluding carboxylic acids is 2. The molecule has 2 N–H and O–H groups in total. The number of amides is 2. The molecule has 0 unspecified atom stereocenters. The maximum atomic E-state index is 13.1. The van der Waals surface area contributed by atoms with Crippen LogP contribution in [0.4, 0.5) is 0 Å².